The number of hydrogen-bond donors (Lipinski definition) is 2. The van der Waals surface area contributed by atoms with Crippen molar-refractivity contribution in [2.75, 3.05) is 31.1 Å². The summed E-state index contributed by atoms with van der Waals surface area (Å²) in [5.41, 5.74) is 4.26. The highest BCUT2D eigenvalue weighted by Crippen LogP contribution is 2.30. The van der Waals surface area contributed by atoms with Gasteiger partial charge in [0.2, 0.25) is 0 Å². The number of aromatic nitrogens is 2. The maximum atomic E-state index is 12.0. The van der Waals surface area contributed by atoms with Gasteiger partial charge in [0.1, 0.15) is 6.33 Å². The molecule has 0 aliphatic carbocycles. The van der Waals surface area contributed by atoms with Crippen molar-refractivity contribution in [3.63, 3.8) is 0 Å². The summed E-state index contributed by atoms with van der Waals surface area (Å²) < 4.78 is 2.08. The molecule has 1 unspecified atom stereocenters. The van der Waals surface area contributed by atoms with E-state index in [0.717, 1.165) is 53.2 Å². The fourth-order valence-electron chi connectivity index (χ4n) is 5.55. The van der Waals surface area contributed by atoms with Crippen LogP contribution in [-0.2, 0) is 4.79 Å². The molecule has 0 radical (unpaired) electrons. The maximum absolute atomic E-state index is 12.0. The van der Waals surface area contributed by atoms with Gasteiger partial charge in [-0.2, -0.15) is 0 Å². The fourth-order valence-corrected chi connectivity index (χ4v) is 6.33. The number of thioether (sulfide) groups is 1. The molecule has 3 saturated heterocycles. The third kappa shape index (κ3) is 4.70. The number of piperidine rings is 2. The molecule has 2 N–H and O–H groups in total. The van der Waals surface area contributed by atoms with Crippen LogP contribution in [0.4, 0.5) is 5.69 Å². The van der Waals surface area contributed by atoms with E-state index in [1.54, 1.807) is 0 Å². The fraction of sp³-hybridized carbons (Fsp3) is 0.407. The van der Waals surface area contributed by atoms with Gasteiger partial charge in [0.15, 0.2) is 5.56 Å². The molecule has 1 atom stereocenters. The van der Waals surface area contributed by atoms with Gasteiger partial charge in [0, 0.05) is 30.5 Å². The quantitative estimate of drug-likeness (QED) is 0.541. The number of carbonyl (C=O) groups excluding carboxylic acids is 1. The van der Waals surface area contributed by atoms with Gasteiger partial charge in [0.05, 0.1) is 15.9 Å². The largest absolute Gasteiger partial charge is 0.371 e. The van der Waals surface area contributed by atoms with Crippen LogP contribution in [0.1, 0.15) is 37.7 Å². The second kappa shape index (κ2) is 9.68. The number of carbonyl (C=O) groups is 1. The van der Waals surface area contributed by atoms with Gasteiger partial charge in [-0.3, -0.25) is 9.36 Å². The number of hydrogen-bond acceptors (Lipinski definition) is 6. The van der Waals surface area contributed by atoms with Crippen LogP contribution in [0.2, 0.25) is 0 Å². The van der Waals surface area contributed by atoms with Gasteiger partial charge in [-0.15, -0.1) is 0 Å². The molecule has 8 heteroatoms. The normalized spacial score (nSPS) is 23.3. The van der Waals surface area contributed by atoms with Gasteiger partial charge in [-0.25, -0.2) is 4.98 Å². The third-order valence-corrected chi connectivity index (χ3v) is 8.35. The molecule has 1 aromatic heterocycles. The summed E-state index contributed by atoms with van der Waals surface area (Å²) in [6.45, 7) is 4.80. The average Bonchev–Trinajstić information content (AvgIpc) is 3.46. The number of anilines is 1. The topological polar surface area (TPSA) is 73.6 Å². The molecule has 0 bridgehead atoms. The lowest BCUT2D eigenvalue weighted by Gasteiger charge is -2.41. The molecule has 35 heavy (non-hydrogen) atoms. The van der Waals surface area contributed by atoms with Crippen molar-refractivity contribution >= 4 is 40.5 Å². The van der Waals surface area contributed by atoms with Crippen LogP contribution in [0, 0.1) is 0 Å². The van der Waals surface area contributed by atoms with Crippen LogP contribution in [0.25, 0.3) is 22.8 Å². The van der Waals surface area contributed by atoms with Gasteiger partial charge in [-0.05, 0) is 86.8 Å². The second-order valence-electron chi connectivity index (χ2n) is 9.65. The Balaban J connectivity index is 1.17. The number of likely N-dealkylation sites (tertiary alicyclic amines) is 1. The Morgan fingerprint density at radius 1 is 0.971 bits per heavy atom. The molecule has 0 saturated carbocycles. The Kier molecular flexibility index (Phi) is 6.26. The molecule has 0 spiro atoms. The summed E-state index contributed by atoms with van der Waals surface area (Å²) >= 11 is 1.13. The molecule has 6 rings (SSSR count). The van der Waals surface area contributed by atoms with E-state index in [9.17, 15) is 9.90 Å². The van der Waals surface area contributed by atoms with Crippen LogP contribution in [0.5, 0.6) is 0 Å². The second-order valence-corrected chi connectivity index (χ2v) is 10.8. The van der Waals surface area contributed by atoms with E-state index in [1.807, 2.05) is 30.6 Å². The van der Waals surface area contributed by atoms with Crippen LogP contribution in [0.15, 0.2) is 53.7 Å². The molecule has 3 aliphatic rings. The number of imidazole rings is 1. The Labute approximate surface area is 209 Å². The summed E-state index contributed by atoms with van der Waals surface area (Å²) in [5, 5.41) is 12.1. The predicted molar refractivity (Wildman–Crippen MR) is 141 cm³/mol. The van der Waals surface area contributed by atoms with Crippen molar-refractivity contribution in [1.82, 2.24) is 19.8 Å². The molecule has 2 aromatic carbocycles. The summed E-state index contributed by atoms with van der Waals surface area (Å²) in [6.07, 6.45) is 10.3. The Bertz CT molecular complexity index is 1240. The van der Waals surface area contributed by atoms with E-state index < -0.39 is 5.56 Å². The number of rotatable bonds is 4. The maximum Gasteiger partial charge on any atom is 0.260 e. The van der Waals surface area contributed by atoms with Crippen LogP contribution >= 0.6 is 11.8 Å². The zero-order valence-corrected chi connectivity index (χ0v) is 20.6. The summed E-state index contributed by atoms with van der Waals surface area (Å²) in [6, 6.07) is 15.5. The monoisotopic (exact) mass is 489 g/mol. The number of fused-ring (bicyclic) bond motifs is 1. The number of aliphatic hydroxyl groups is 1. The Morgan fingerprint density at radius 2 is 1.71 bits per heavy atom. The SMILES string of the molecule is O=C1NC(O)S/C1=C\c1ccc2ncn(-c3ccc(N4CCC(N5CCCCC5)CC4)cc3)c2c1. The molecule has 4 heterocycles. The molecule has 3 fully saturated rings. The minimum atomic E-state index is -0.878. The van der Waals surface area contributed by atoms with E-state index >= 15 is 0 Å². The van der Waals surface area contributed by atoms with Crippen molar-refractivity contribution in [3.8, 4) is 5.69 Å². The zero-order chi connectivity index (χ0) is 23.8. The highest BCUT2D eigenvalue weighted by molar-refractivity contribution is 8.05. The third-order valence-electron chi connectivity index (χ3n) is 7.45. The lowest BCUT2D eigenvalue weighted by Crippen LogP contribution is -2.46. The van der Waals surface area contributed by atoms with E-state index in [1.165, 1.54) is 50.9 Å². The number of nitrogens with one attached hydrogen (secondary N) is 1. The number of nitrogens with zero attached hydrogens (tertiary/aromatic N) is 4. The average molecular weight is 490 g/mol. The number of amides is 1. The molecule has 1 amide bonds. The molecule has 182 valence electrons. The highest BCUT2D eigenvalue weighted by atomic mass is 32.2. The summed E-state index contributed by atoms with van der Waals surface area (Å²) in [4.78, 5) is 22.3. The first-order valence-electron chi connectivity index (χ1n) is 12.6. The minimum Gasteiger partial charge on any atom is -0.371 e. The summed E-state index contributed by atoms with van der Waals surface area (Å²) in [5.74, 6) is -0.244. The van der Waals surface area contributed by atoms with Crippen LogP contribution < -0.4 is 10.2 Å². The first-order valence-corrected chi connectivity index (χ1v) is 13.5. The van der Waals surface area contributed by atoms with Gasteiger partial charge >= 0.3 is 0 Å². The molecular formula is C27H31N5O2S. The van der Waals surface area contributed by atoms with Crippen molar-refractivity contribution in [1.29, 1.82) is 0 Å². The minimum absolute atomic E-state index is 0.244. The van der Waals surface area contributed by atoms with E-state index in [2.05, 4.69) is 48.9 Å². The van der Waals surface area contributed by atoms with Gasteiger partial charge < -0.3 is 20.2 Å². The van der Waals surface area contributed by atoms with Crippen molar-refractivity contribution in [2.45, 2.75) is 43.7 Å². The van der Waals surface area contributed by atoms with E-state index in [-0.39, 0.29) is 5.91 Å². The zero-order valence-electron chi connectivity index (χ0n) is 19.8. The van der Waals surface area contributed by atoms with Crippen LogP contribution in [0.3, 0.4) is 0 Å². The lowest BCUT2D eigenvalue weighted by molar-refractivity contribution is -0.117. The molecule has 3 aliphatic heterocycles. The van der Waals surface area contributed by atoms with Crippen molar-refractivity contribution < 1.29 is 9.90 Å². The van der Waals surface area contributed by atoms with Crippen LogP contribution in [-0.4, -0.2) is 63.2 Å². The van der Waals surface area contributed by atoms with Gasteiger partial charge in [0.25, 0.3) is 5.91 Å². The first-order chi connectivity index (χ1) is 17.1. The predicted octanol–water partition coefficient (Wildman–Crippen LogP) is 3.96. The smallest absolute Gasteiger partial charge is 0.260 e. The Hall–Kier alpha value is -2.81. The molecule has 7 nitrogen and oxygen atoms in total. The highest BCUT2D eigenvalue weighted by Gasteiger charge is 2.26. The number of aliphatic hydroxyl groups excluding tert-OH is 1. The van der Waals surface area contributed by atoms with E-state index in [4.69, 9.17) is 0 Å². The van der Waals surface area contributed by atoms with Crippen molar-refractivity contribution in [2.24, 2.45) is 0 Å². The molecule has 3 aromatic rings. The van der Waals surface area contributed by atoms with E-state index in [0.29, 0.717) is 4.91 Å². The van der Waals surface area contributed by atoms with Crippen molar-refractivity contribution in [3.05, 3.63) is 59.3 Å². The van der Waals surface area contributed by atoms with Gasteiger partial charge in [-0.1, -0.05) is 24.2 Å². The standard InChI is InChI=1S/C27H31N5O2S/c33-26-25(35-27(34)29-26)17-19-4-9-23-24(16-19)32(18-28-23)22-7-5-20(6-8-22)31-14-10-21(11-15-31)30-12-2-1-3-13-30/h4-9,16-18,21,27,34H,1-3,10-15H2,(H,29,33)/b25-17-. The number of benzene rings is 2. The summed E-state index contributed by atoms with van der Waals surface area (Å²) in [7, 11) is 0. The first kappa shape index (κ1) is 22.6. The lowest BCUT2D eigenvalue weighted by atomic mass is 9.99. The molecular weight excluding hydrogens is 458 g/mol. The Morgan fingerprint density at radius 3 is 2.43 bits per heavy atom.